The SMILES string of the molecule is Cc1cc(=O)[nH]c(SCC(=O)N[C@H](C)[C@@H]2C[C@H]3CC[C@H]2C3)c1C#N. The number of amides is 1. The minimum absolute atomic E-state index is 0.0403. The van der Waals surface area contributed by atoms with Crippen LogP contribution in [0.4, 0.5) is 0 Å². The third-order valence-corrected chi connectivity index (χ3v) is 6.49. The number of hydrogen-bond acceptors (Lipinski definition) is 4. The largest absolute Gasteiger partial charge is 0.353 e. The quantitative estimate of drug-likeness (QED) is 0.803. The molecule has 0 aromatic carbocycles. The minimum Gasteiger partial charge on any atom is -0.353 e. The molecule has 1 amide bonds. The van der Waals surface area contributed by atoms with Crippen molar-refractivity contribution in [2.24, 2.45) is 17.8 Å². The maximum absolute atomic E-state index is 12.3. The number of H-pyrrole nitrogens is 1. The molecule has 0 aliphatic heterocycles. The van der Waals surface area contributed by atoms with Gasteiger partial charge in [0.05, 0.1) is 16.3 Å². The number of carbonyl (C=O) groups is 1. The van der Waals surface area contributed by atoms with Crippen molar-refractivity contribution in [1.29, 1.82) is 5.26 Å². The van der Waals surface area contributed by atoms with Crippen molar-refractivity contribution < 1.29 is 4.79 Å². The first kappa shape index (κ1) is 17.1. The Morgan fingerprint density at radius 3 is 2.92 bits per heavy atom. The number of aromatic amines is 1. The Kier molecular flexibility index (Phi) is 5.00. The summed E-state index contributed by atoms with van der Waals surface area (Å²) >= 11 is 1.22. The summed E-state index contributed by atoms with van der Waals surface area (Å²) in [6.45, 7) is 3.83. The fourth-order valence-corrected chi connectivity index (χ4v) is 5.23. The summed E-state index contributed by atoms with van der Waals surface area (Å²) in [6, 6.07) is 3.69. The van der Waals surface area contributed by atoms with E-state index in [0.717, 1.165) is 11.8 Å². The van der Waals surface area contributed by atoms with Crippen LogP contribution in [0.1, 0.15) is 43.7 Å². The third kappa shape index (κ3) is 3.51. The van der Waals surface area contributed by atoms with E-state index in [1.165, 1.54) is 43.5 Å². The molecule has 0 spiro atoms. The smallest absolute Gasteiger partial charge is 0.249 e. The second-order valence-electron chi connectivity index (χ2n) is 7.12. The summed E-state index contributed by atoms with van der Waals surface area (Å²) < 4.78 is 0. The average molecular weight is 345 g/mol. The highest BCUT2D eigenvalue weighted by Gasteiger charge is 2.42. The van der Waals surface area contributed by atoms with Gasteiger partial charge in [0.2, 0.25) is 11.5 Å². The lowest BCUT2D eigenvalue weighted by Crippen LogP contribution is -2.40. The van der Waals surface area contributed by atoms with Crippen molar-refractivity contribution in [3.05, 3.63) is 27.5 Å². The van der Waals surface area contributed by atoms with Gasteiger partial charge in [0.15, 0.2) is 0 Å². The molecule has 4 atom stereocenters. The molecule has 1 aromatic rings. The molecule has 5 nitrogen and oxygen atoms in total. The molecular formula is C18H23N3O2S. The lowest BCUT2D eigenvalue weighted by molar-refractivity contribution is -0.119. The van der Waals surface area contributed by atoms with E-state index in [-0.39, 0.29) is 23.3 Å². The summed E-state index contributed by atoms with van der Waals surface area (Å²) in [7, 11) is 0. The molecule has 6 heteroatoms. The first-order chi connectivity index (χ1) is 11.5. The van der Waals surface area contributed by atoms with Gasteiger partial charge in [-0.25, -0.2) is 0 Å². The van der Waals surface area contributed by atoms with Gasteiger partial charge in [0.25, 0.3) is 0 Å². The lowest BCUT2D eigenvalue weighted by Gasteiger charge is -2.28. The van der Waals surface area contributed by atoms with Crippen molar-refractivity contribution in [1.82, 2.24) is 10.3 Å². The van der Waals surface area contributed by atoms with Crippen LogP contribution < -0.4 is 10.9 Å². The minimum atomic E-state index is -0.246. The van der Waals surface area contributed by atoms with E-state index < -0.39 is 0 Å². The molecule has 1 aromatic heterocycles. The van der Waals surface area contributed by atoms with Crippen molar-refractivity contribution in [2.75, 3.05) is 5.75 Å². The predicted molar refractivity (Wildman–Crippen MR) is 93.8 cm³/mol. The van der Waals surface area contributed by atoms with Gasteiger partial charge in [-0.15, -0.1) is 0 Å². The van der Waals surface area contributed by atoms with E-state index in [1.807, 2.05) is 0 Å². The highest BCUT2D eigenvalue weighted by Crippen LogP contribution is 2.49. The van der Waals surface area contributed by atoms with Crippen LogP contribution in [0.15, 0.2) is 15.9 Å². The van der Waals surface area contributed by atoms with Gasteiger partial charge in [0.1, 0.15) is 6.07 Å². The Hall–Kier alpha value is -1.74. The van der Waals surface area contributed by atoms with Crippen LogP contribution in [-0.4, -0.2) is 22.7 Å². The fourth-order valence-electron chi connectivity index (χ4n) is 4.35. The number of fused-ring (bicyclic) bond motifs is 2. The first-order valence-corrected chi connectivity index (χ1v) is 9.52. The topological polar surface area (TPSA) is 85.8 Å². The second kappa shape index (κ2) is 7.02. The van der Waals surface area contributed by atoms with Gasteiger partial charge in [0, 0.05) is 12.1 Å². The van der Waals surface area contributed by atoms with E-state index in [0.29, 0.717) is 22.1 Å². The summed E-state index contributed by atoms with van der Waals surface area (Å²) in [4.78, 5) is 26.5. The normalized spacial score (nSPS) is 26.1. The van der Waals surface area contributed by atoms with Gasteiger partial charge >= 0.3 is 0 Å². The molecule has 1 heterocycles. The van der Waals surface area contributed by atoms with Gasteiger partial charge in [-0.1, -0.05) is 18.2 Å². The third-order valence-electron chi connectivity index (χ3n) is 5.49. The molecule has 0 radical (unpaired) electrons. The Bertz CT molecular complexity index is 737. The van der Waals surface area contributed by atoms with E-state index >= 15 is 0 Å². The van der Waals surface area contributed by atoms with Gasteiger partial charge in [-0.3, -0.25) is 9.59 Å². The Balaban J connectivity index is 1.56. The molecule has 2 bridgehead atoms. The van der Waals surface area contributed by atoms with Crippen LogP contribution in [0, 0.1) is 36.0 Å². The zero-order valence-corrected chi connectivity index (χ0v) is 14.9. The van der Waals surface area contributed by atoms with Crippen molar-refractivity contribution in [3.63, 3.8) is 0 Å². The van der Waals surface area contributed by atoms with Crippen LogP contribution in [0.2, 0.25) is 0 Å². The van der Waals surface area contributed by atoms with Gasteiger partial charge < -0.3 is 10.3 Å². The monoisotopic (exact) mass is 345 g/mol. The standard InChI is InChI=1S/C18H23N3O2S/c1-10-5-16(22)21-18(15(10)8-19)24-9-17(23)20-11(2)14-7-12-3-4-13(14)6-12/h5,11-14H,3-4,6-7,9H2,1-2H3,(H,20,23)(H,21,22)/t11-,12+,13+,14+/m1/s1. The molecule has 128 valence electrons. The van der Waals surface area contributed by atoms with E-state index in [1.54, 1.807) is 6.92 Å². The van der Waals surface area contributed by atoms with E-state index in [9.17, 15) is 14.9 Å². The molecule has 2 aliphatic rings. The number of pyridine rings is 1. The van der Waals surface area contributed by atoms with Crippen molar-refractivity contribution in [3.8, 4) is 6.07 Å². The molecule has 0 saturated heterocycles. The Morgan fingerprint density at radius 1 is 1.50 bits per heavy atom. The van der Waals surface area contributed by atoms with E-state index in [2.05, 4.69) is 23.3 Å². The maximum Gasteiger partial charge on any atom is 0.249 e. The highest BCUT2D eigenvalue weighted by atomic mass is 32.2. The molecule has 2 aliphatic carbocycles. The molecular weight excluding hydrogens is 322 g/mol. The first-order valence-electron chi connectivity index (χ1n) is 8.54. The summed E-state index contributed by atoms with van der Waals surface area (Å²) in [5.74, 6) is 2.41. The Morgan fingerprint density at radius 2 is 2.29 bits per heavy atom. The second-order valence-corrected chi connectivity index (χ2v) is 8.10. The van der Waals surface area contributed by atoms with Gasteiger partial charge in [-0.2, -0.15) is 5.26 Å². The lowest BCUT2D eigenvalue weighted by atomic mass is 9.84. The number of aromatic nitrogens is 1. The molecule has 2 saturated carbocycles. The molecule has 3 rings (SSSR count). The molecule has 2 N–H and O–H groups in total. The summed E-state index contributed by atoms with van der Waals surface area (Å²) in [5.41, 5.74) is 0.831. The average Bonchev–Trinajstić information content (AvgIpc) is 3.15. The molecule has 24 heavy (non-hydrogen) atoms. The van der Waals surface area contributed by atoms with Crippen molar-refractivity contribution >= 4 is 17.7 Å². The number of hydrogen-bond donors (Lipinski definition) is 2. The fraction of sp³-hybridized carbons (Fsp3) is 0.611. The zero-order chi connectivity index (χ0) is 17.3. The van der Waals surface area contributed by atoms with Crippen molar-refractivity contribution in [2.45, 2.75) is 50.6 Å². The summed E-state index contributed by atoms with van der Waals surface area (Å²) in [5, 5.41) is 12.8. The predicted octanol–water partition coefficient (Wildman–Crippen LogP) is 2.59. The number of nitrogens with one attached hydrogen (secondary N) is 2. The van der Waals surface area contributed by atoms with Crippen LogP contribution >= 0.6 is 11.8 Å². The maximum atomic E-state index is 12.3. The number of rotatable bonds is 5. The molecule has 2 fully saturated rings. The highest BCUT2D eigenvalue weighted by molar-refractivity contribution is 8.00. The van der Waals surface area contributed by atoms with Crippen LogP contribution in [0.3, 0.4) is 0 Å². The van der Waals surface area contributed by atoms with Crippen LogP contribution in [0.5, 0.6) is 0 Å². The number of nitriles is 1. The number of thioether (sulfide) groups is 1. The number of nitrogens with zero attached hydrogens (tertiary/aromatic N) is 1. The van der Waals surface area contributed by atoms with E-state index in [4.69, 9.17) is 0 Å². The number of carbonyl (C=O) groups excluding carboxylic acids is 1. The Labute approximate surface area is 146 Å². The van der Waals surface area contributed by atoms with Crippen LogP contribution in [0.25, 0.3) is 0 Å². The number of aryl methyl sites for hydroxylation is 1. The summed E-state index contributed by atoms with van der Waals surface area (Å²) in [6.07, 6.45) is 5.23. The van der Waals surface area contributed by atoms with Crippen LogP contribution in [-0.2, 0) is 4.79 Å². The molecule has 0 unspecified atom stereocenters. The van der Waals surface area contributed by atoms with Gasteiger partial charge in [-0.05, 0) is 56.4 Å². The zero-order valence-electron chi connectivity index (χ0n) is 14.1.